The van der Waals surface area contributed by atoms with Crippen LogP contribution in [0.5, 0.6) is 0 Å². The van der Waals surface area contributed by atoms with E-state index in [9.17, 15) is 0 Å². The zero-order chi connectivity index (χ0) is 17.9. The third-order valence-electron chi connectivity index (χ3n) is 5.81. The molecule has 0 bridgehead atoms. The third kappa shape index (κ3) is 8.30. The largest absolute Gasteiger partial charge is 0.357 e. The van der Waals surface area contributed by atoms with Crippen molar-refractivity contribution in [2.75, 3.05) is 52.4 Å². The highest BCUT2D eigenvalue weighted by molar-refractivity contribution is 14.0. The second-order valence-corrected chi connectivity index (χ2v) is 7.64. The molecule has 0 radical (unpaired) electrons. The SMILES string of the molecule is CCNC(=NCC1CCCN(CC)C1)NCCN1CCCCC1CC.I. The molecular formula is C20H42IN5. The number of hydrogen-bond acceptors (Lipinski definition) is 3. The zero-order valence-electron chi connectivity index (χ0n) is 17.3. The molecule has 2 unspecified atom stereocenters. The van der Waals surface area contributed by atoms with Gasteiger partial charge in [0.2, 0.25) is 0 Å². The topological polar surface area (TPSA) is 42.9 Å². The Balaban J connectivity index is 0.00000338. The van der Waals surface area contributed by atoms with Crippen LogP contribution in [0.15, 0.2) is 4.99 Å². The maximum absolute atomic E-state index is 4.88. The summed E-state index contributed by atoms with van der Waals surface area (Å²) in [4.78, 5) is 10.1. The minimum Gasteiger partial charge on any atom is -0.357 e. The number of guanidine groups is 1. The number of nitrogens with one attached hydrogen (secondary N) is 2. The average Bonchev–Trinajstić information content (AvgIpc) is 2.66. The van der Waals surface area contributed by atoms with Gasteiger partial charge in [0.25, 0.3) is 0 Å². The average molecular weight is 479 g/mol. The highest BCUT2D eigenvalue weighted by atomic mass is 127. The van der Waals surface area contributed by atoms with Crippen molar-refractivity contribution in [1.82, 2.24) is 20.4 Å². The van der Waals surface area contributed by atoms with E-state index in [1.165, 1.54) is 64.7 Å². The smallest absolute Gasteiger partial charge is 0.191 e. The molecule has 0 aliphatic carbocycles. The first-order valence-electron chi connectivity index (χ1n) is 10.7. The van der Waals surface area contributed by atoms with E-state index in [1.807, 2.05) is 0 Å². The minimum atomic E-state index is 0. The number of piperidine rings is 2. The number of likely N-dealkylation sites (tertiary alicyclic amines) is 2. The molecule has 2 fully saturated rings. The van der Waals surface area contributed by atoms with Crippen LogP contribution in [-0.2, 0) is 0 Å². The number of aliphatic imine (C=N–C) groups is 1. The van der Waals surface area contributed by atoms with E-state index in [0.29, 0.717) is 0 Å². The number of hydrogen-bond donors (Lipinski definition) is 2. The molecule has 154 valence electrons. The van der Waals surface area contributed by atoms with E-state index >= 15 is 0 Å². The second kappa shape index (κ2) is 14.0. The molecule has 2 rings (SSSR count). The van der Waals surface area contributed by atoms with Gasteiger partial charge < -0.3 is 15.5 Å². The minimum absolute atomic E-state index is 0. The lowest BCUT2D eigenvalue weighted by Crippen LogP contribution is -2.46. The normalized spacial score (nSPS) is 25.6. The molecule has 2 aliphatic heterocycles. The summed E-state index contributed by atoms with van der Waals surface area (Å²) < 4.78 is 0. The van der Waals surface area contributed by atoms with Crippen molar-refractivity contribution in [1.29, 1.82) is 0 Å². The van der Waals surface area contributed by atoms with Crippen LogP contribution in [0.25, 0.3) is 0 Å². The molecule has 0 aromatic carbocycles. The molecule has 2 N–H and O–H groups in total. The van der Waals surface area contributed by atoms with Crippen molar-refractivity contribution in [3.05, 3.63) is 0 Å². The molecule has 0 aromatic rings. The van der Waals surface area contributed by atoms with Crippen LogP contribution in [0.4, 0.5) is 0 Å². The second-order valence-electron chi connectivity index (χ2n) is 7.64. The molecule has 26 heavy (non-hydrogen) atoms. The number of halogens is 1. The van der Waals surface area contributed by atoms with Crippen molar-refractivity contribution < 1.29 is 0 Å². The Morgan fingerprint density at radius 3 is 2.62 bits per heavy atom. The summed E-state index contributed by atoms with van der Waals surface area (Å²) in [6.45, 7) is 15.7. The first kappa shape index (κ1) is 24.0. The van der Waals surface area contributed by atoms with Gasteiger partial charge in [-0.25, -0.2) is 0 Å². The van der Waals surface area contributed by atoms with Gasteiger partial charge >= 0.3 is 0 Å². The van der Waals surface area contributed by atoms with Gasteiger partial charge in [0.15, 0.2) is 5.96 Å². The van der Waals surface area contributed by atoms with Gasteiger partial charge in [-0.2, -0.15) is 0 Å². The summed E-state index contributed by atoms with van der Waals surface area (Å²) >= 11 is 0. The maximum Gasteiger partial charge on any atom is 0.191 e. The van der Waals surface area contributed by atoms with Crippen molar-refractivity contribution in [3.63, 3.8) is 0 Å². The van der Waals surface area contributed by atoms with E-state index in [-0.39, 0.29) is 24.0 Å². The lowest BCUT2D eigenvalue weighted by Gasteiger charge is -2.35. The van der Waals surface area contributed by atoms with Crippen LogP contribution in [0.1, 0.15) is 59.3 Å². The Kier molecular flexibility index (Phi) is 12.9. The van der Waals surface area contributed by atoms with Crippen molar-refractivity contribution in [3.8, 4) is 0 Å². The molecule has 0 aromatic heterocycles. The van der Waals surface area contributed by atoms with E-state index in [2.05, 4.69) is 41.2 Å². The van der Waals surface area contributed by atoms with Crippen molar-refractivity contribution in [2.24, 2.45) is 10.9 Å². The molecule has 2 saturated heterocycles. The summed E-state index contributed by atoms with van der Waals surface area (Å²) in [6, 6.07) is 0.789. The Morgan fingerprint density at radius 1 is 1.04 bits per heavy atom. The van der Waals surface area contributed by atoms with Crippen LogP contribution in [-0.4, -0.2) is 74.2 Å². The lowest BCUT2D eigenvalue weighted by atomic mass is 9.98. The predicted molar refractivity (Wildman–Crippen MR) is 124 cm³/mol. The fourth-order valence-electron chi connectivity index (χ4n) is 4.28. The first-order valence-corrected chi connectivity index (χ1v) is 10.7. The van der Waals surface area contributed by atoms with Crippen LogP contribution in [0.2, 0.25) is 0 Å². The predicted octanol–water partition coefficient (Wildman–Crippen LogP) is 3.16. The molecule has 2 atom stereocenters. The first-order chi connectivity index (χ1) is 12.3. The maximum atomic E-state index is 4.88. The van der Waals surface area contributed by atoms with Gasteiger partial charge in [-0.1, -0.05) is 20.3 Å². The van der Waals surface area contributed by atoms with Crippen molar-refractivity contribution in [2.45, 2.75) is 65.3 Å². The summed E-state index contributed by atoms with van der Waals surface area (Å²) in [6.07, 6.45) is 8.07. The van der Waals surface area contributed by atoms with E-state index in [0.717, 1.165) is 44.1 Å². The molecule has 0 spiro atoms. The Hall–Kier alpha value is -0.0800. The highest BCUT2D eigenvalue weighted by Crippen LogP contribution is 2.18. The molecule has 0 saturated carbocycles. The van der Waals surface area contributed by atoms with Gasteiger partial charge in [0.05, 0.1) is 0 Å². The van der Waals surface area contributed by atoms with Crippen LogP contribution in [0.3, 0.4) is 0 Å². The quantitative estimate of drug-likeness (QED) is 0.319. The monoisotopic (exact) mass is 479 g/mol. The summed E-state index contributed by atoms with van der Waals surface area (Å²) in [5, 5.41) is 6.98. The molecule has 6 heteroatoms. The van der Waals surface area contributed by atoms with Crippen LogP contribution >= 0.6 is 24.0 Å². The summed E-state index contributed by atoms with van der Waals surface area (Å²) in [5.74, 6) is 1.72. The summed E-state index contributed by atoms with van der Waals surface area (Å²) in [7, 11) is 0. The van der Waals surface area contributed by atoms with Gasteiger partial charge in [-0.3, -0.25) is 9.89 Å². The van der Waals surface area contributed by atoms with E-state index in [4.69, 9.17) is 4.99 Å². The fourth-order valence-corrected chi connectivity index (χ4v) is 4.28. The zero-order valence-corrected chi connectivity index (χ0v) is 19.6. The van der Waals surface area contributed by atoms with Gasteiger partial charge in [-0.05, 0) is 64.6 Å². The highest BCUT2D eigenvalue weighted by Gasteiger charge is 2.20. The Morgan fingerprint density at radius 2 is 1.88 bits per heavy atom. The molecule has 5 nitrogen and oxygen atoms in total. The van der Waals surface area contributed by atoms with Gasteiger partial charge in [0.1, 0.15) is 0 Å². The third-order valence-corrected chi connectivity index (χ3v) is 5.81. The van der Waals surface area contributed by atoms with Crippen LogP contribution in [0, 0.1) is 5.92 Å². The number of rotatable bonds is 8. The number of nitrogens with zero attached hydrogens (tertiary/aromatic N) is 3. The van der Waals surface area contributed by atoms with Crippen LogP contribution < -0.4 is 10.6 Å². The van der Waals surface area contributed by atoms with Crippen molar-refractivity contribution >= 4 is 29.9 Å². The standard InChI is InChI=1S/C20H41N5.HI/c1-4-19-11-7-8-14-25(19)15-12-22-20(21-5-2)23-16-18-10-9-13-24(6-3)17-18;/h18-19H,4-17H2,1-3H3,(H2,21,22,23);1H. The van der Waals surface area contributed by atoms with E-state index in [1.54, 1.807) is 0 Å². The van der Waals surface area contributed by atoms with E-state index < -0.39 is 0 Å². The molecule has 0 amide bonds. The summed E-state index contributed by atoms with van der Waals surface area (Å²) in [5.41, 5.74) is 0. The lowest BCUT2D eigenvalue weighted by molar-refractivity contribution is 0.147. The molecule has 2 heterocycles. The Bertz CT molecular complexity index is 390. The van der Waals surface area contributed by atoms with Gasteiger partial charge in [-0.15, -0.1) is 24.0 Å². The Labute approximate surface area is 178 Å². The fraction of sp³-hybridized carbons (Fsp3) is 0.950. The molecular weight excluding hydrogens is 437 g/mol. The van der Waals surface area contributed by atoms with Gasteiger partial charge in [0, 0.05) is 38.8 Å². The molecule has 2 aliphatic rings.